The summed E-state index contributed by atoms with van der Waals surface area (Å²) in [7, 11) is 0. The zero-order valence-electron chi connectivity index (χ0n) is 7.95. The van der Waals surface area contributed by atoms with Gasteiger partial charge in [0.1, 0.15) is 6.04 Å². The van der Waals surface area contributed by atoms with Crippen LogP contribution in [-0.4, -0.2) is 11.1 Å². The first-order chi connectivity index (χ1) is 7.25. The summed E-state index contributed by atoms with van der Waals surface area (Å²) in [5.74, 6) is -1.44. The van der Waals surface area contributed by atoms with Gasteiger partial charge in [0.05, 0.1) is 5.56 Å². The summed E-state index contributed by atoms with van der Waals surface area (Å²) in [6.07, 6.45) is -4.63. The van der Waals surface area contributed by atoms with E-state index in [9.17, 15) is 18.0 Å². The van der Waals surface area contributed by atoms with Crippen LogP contribution in [0.25, 0.3) is 0 Å². The van der Waals surface area contributed by atoms with Gasteiger partial charge in [0.2, 0.25) is 0 Å². The van der Waals surface area contributed by atoms with Crippen LogP contribution in [0.1, 0.15) is 17.2 Å². The number of carboxylic acid groups (broad SMARTS) is 1. The van der Waals surface area contributed by atoms with E-state index in [0.717, 1.165) is 18.2 Å². The molecule has 1 aromatic carbocycles. The van der Waals surface area contributed by atoms with Gasteiger partial charge < -0.3 is 16.6 Å². The number of aliphatic carboxylic acids is 1. The normalized spacial score (nSPS) is 13.5. The Labute approximate surface area is 88.7 Å². The first kappa shape index (κ1) is 12.3. The number of halogens is 3. The van der Waals surface area contributed by atoms with Gasteiger partial charge in [-0.05, 0) is 6.07 Å². The van der Waals surface area contributed by atoms with Crippen LogP contribution in [0.3, 0.4) is 0 Å². The van der Waals surface area contributed by atoms with Crippen molar-refractivity contribution in [1.29, 1.82) is 0 Å². The number of nitrogens with two attached hydrogens (primary N) is 2. The number of para-hydroxylation sites is 1. The summed E-state index contributed by atoms with van der Waals surface area (Å²) >= 11 is 0. The van der Waals surface area contributed by atoms with Gasteiger partial charge in [-0.1, -0.05) is 12.1 Å². The van der Waals surface area contributed by atoms with E-state index in [1.54, 1.807) is 0 Å². The molecule has 0 unspecified atom stereocenters. The van der Waals surface area contributed by atoms with Crippen LogP contribution in [0.5, 0.6) is 0 Å². The Morgan fingerprint density at radius 2 is 1.94 bits per heavy atom. The molecule has 4 nitrogen and oxygen atoms in total. The topological polar surface area (TPSA) is 89.3 Å². The number of benzene rings is 1. The predicted molar refractivity (Wildman–Crippen MR) is 50.4 cm³/mol. The highest BCUT2D eigenvalue weighted by atomic mass is 19.4. The zero-order chi connectivity index (χ0) is 12.5. The maximum Gasteiger partial charge on any atom is 0.418 e. The third kappa shape index (κ3) is 2.25. The van der Waals surface area contributed by atoms with Crippen molar-refractivity contribution in [2.75, 3.05) is 5.73 Å². The SMILES string of the molecule is Nc1c([C@H](N)C(=O)O)cccc1C(F)(F)F. The molecule has 0 aliphatic carbocycles. The minimum Gasteiger partial charge on any atom is -0.480 e. The number of carbonyl (C=O) groups is 1. The number of alkyl halides is 3. The Bertz CT molecular complexity index is 418. The molecule has 1 aromatic rings. The quantitative estimate of drug-likeness (QED) is 0.674. The average Bonchev–Trinajstić information content (AvgIpc) is 2.15. The van der Waals surface area contributed by atoms with Crippen molar-refractivity contribution in [3.63, 3.8) is 0 Å². The van der Waals surface area contributed by atoms with E-state index in [1.807, 2.05) is 0 Å². The maximum atomic E-state index is 12.4. The first-order valence-electron chi connectivity index (χ1n) is 4.19. The van der Waals surface area contributed by atoms with E-state index in [0.29, 0.717) is 0 Å². The molecule has 0 radical (unpaired) electrons. The van der Waals surface area contributed by atoms with E-state index < -0.39 is 29.4 Å². The van der Waals surface area contributed by atoms with E-state index in [-0.39, 0.29) is 5.56 Å². The van der Waals surface area contributed by atoms with Crippen LogP contribution in [-0.2, 0) is 11.0 Å². The summed E-state index contributed by atoms with van der Waals surface area (Å²) in [6, 6.07) is 1.43. The summed E-state index contributed by atoms with van der Waals surface area (Å²) in [5.41, 5.74) is 8.47. The van der Waals surface area contributed by atoms with Crippen LogP contribution in [0.4, 0.5) is 18.9 Å². The third-order valence-electron chi connectivity index (χ3n) is 2.05. The van der Waals surface area contributed by atoms with Crippen LogP contribution >= 0.6 is 0 Å². The molecule has 1 rings (SSSR count). The number of hydrogen-bond acceptors (Lipinski definition) is 3. The van der Waals surface area contributed by atoms with Gasteiger partial charge >= 0.3 is 12.1 Å². The van der Waals surface area contributed by atoms with Crippen molar-refractivity contribution in [1.82, 2.24) is 0 Å². The molecule has 0 saturated heterocycles. The van der Waals surface area contributed by atoms with Crippen molar-refractivity contribution < 1.29 is 23.1 Å². The van der Waals surface area contributed by atoms with E-state index in [1.165, 1.54) is 0 Å². The van der Waals surface area contributed by atoms with Crippen LogP contribution < -0.4 is 11.5 Å². The maximum absolute atomic E-state index is 12.4. The fourth-order valence-electron chi connectivity index (χ4n) is 1.23. The lowest BCUT2D eigenvalue weighted by Crippen LogP contribution is -2.23. The molecule has 0 spiro atoms. The van der Waals surface area contributed by atoms with E-state index in [2.05, 4.69) is 0 Å². The van der Waals surface area contributed by atoms with Crippen molar-refractivity contribution in [2.45, 2.75) is 12.2 Å². The fraction of sp³-hybridized carbons (Fsp3) is 0.222. The average molecular weight is 234 g/mol. The van der Waals surface area contributed by atoms with Crippen LogP contribution in [0.2, 0.25) is 0 Å². The van der Waals surface area contributed by atoms with Crippen LogP contribution in [0.15, 0.2) is 18.2 Å². The number of hydrogen-bond donors (Lipinski definition) is 3. The van der Waals surface area contributed by atoms with Crippen molar-refractivity contribution in [2.24, 2.45) is 5.73 Å². The Kier molecular flexibility index (Phi) is 3.09. The number of carboxylic acids is 1. The standard InChI is InChI=1S/C9H9F3N2O2/c10-9(11,12)5-3-1-2-4(6(5)13)7(14)8(15)16/h1-3,7H,13-14H2,(H,15,16)/t7-/m0/s1. The molecule has 88 valence electrons. The number of nitrogen functional groups attached to an aromatic ring is 1. The van der Waals surface area contributed by atoms with E-state index >= 15 is 0 Å². The Hall–Kier alpha value is -1.76. The van der Waals surface area contributed by atoms with Gasteiger partial charge in [-0.15, -0.1) is 0 Å². The summed E-state index contributed by atoms with van der Waals surface area (Å²) < 4.78 is 37.3. The van der Waals surface area contributed by atoms with Crippen molar-refractivity contribution in [3.05, 3.63) is 29.3 Å². The molecule has 0 aliphatic rings. The first-order valence-corrected chi connectivity index (χ1v) is 4.19. The second kappa shape index (κ2) is 4.01. The minimum atomic E-state index is -4.63. The smallest absolute Gasteiger partial charge is 0.418 e. The molecule has 0 aliphatic heterocycles. The third-order valence-corrected chi connectivity index (χ3v) is 2.05. The zero-order valence-corrected chi connectivity index (χ0v) is 7.95. The largest absolute Gasteiger partial charge is 0.480 e. The summed E-state index contributed by atoms with van der Waals surface area (Å²) in [6.45, 7) is 0. The molecule has 1 atom stereocenters. The van der Waals surface area contributed by atoms with Crippen molar-refractivity contribution in [3.8, 4) is 0 Å². The van der Waals surface area contributed by atoms with Gasteiger partial charge in [-0.25, -0.2) is 0 Å². The van der Waals surface area contributed by atoms with Gasteiger partial charge in [0, 0.05) is 11.3 Å². The highest BCUT2D eigenvalue weighted by molar-refractivity contribution is 5.78. The van der Waals surface area contributed by atoms with Gasteiger partial charge in [0.15, 0.2) is 0 Å². The Morgan fingerprint density at radius 3 is 2.38 bits per heavy atom. The second-order valence-electron chi connectivity index (χ2n) is 3.12. The molecular formula is C9H9F3N2O2. The molecule has 0 amide bonds. The monoisotopic (exact) mass is 234 g/mol. The number of anilines is 1. The Balaban J connectivity index is 3.30. The lowest BCUT2D eigenvalue weighted by Gasteiger charge is -2.15. The molecule has 0 aromatic heterocycles. The fourth-order valence-corrected chi connectivity index (χ4v) is 1.23. The summed E-state index contributed by atoms with van der Waals surface area (Å²) in [5, 5.41) is 8.59. The highest BCUT2D eigenvalue weighted by Gasteiger charge is 2.34. The highest BCUT2D eigenvalue weighted by Crippen LogP contribution is 2.36. The van der Waals surface area contributed by atoms with Crippen molar-refractivity contribution >= 4 is 11.7 Å². The predicted octanol–water partition coefficient (Wildman–Crippen LogP) is 1.37. The molecular weight excluding hydrogens is 225 g/mol. The van der Waals surface area contributed by atoms with Gasteiger partial charge in [0.25, 0.3) is 0 Å². The van der Waals surface area contributed by atoms with Gasteiger partial charge in [-0.2, -0.15) is 13.2 Å². The molecule has 0 bridgehead atoms. The number of rotatable bonds is 2. The van der Waals surface area contributed by atoms with E-state index in [4.69, 9.17) is 16.6 Å². The lowest BCUT2D eigenvalue weighted by atomic mass is 10.0. The minimum absolute atomic E-state index is 0.248. The van der Waals surface area contributed by atoms with Crippen LogP contribution in [0, 0.1) is 0 Å². The molecule has 0 saturated carbocycles. The molecule has 0 fully saturated rings. The van der Waals surface area contributed by atoms with Gasteiger partial charge in [-0.3, -0.25) is 4.79 Å². The second-order valence-corrected chi connectivity index (χ2v) is 3.12. The molecule has 0 heterocycles. The Morgan fingerprint density at radius 1 is 1.38 bits per heavy atom. The summed E-state index contributed by atoms with van der Waals surface area (Å²) in [4.78, 5) is 10.6. The lowest BCUT2D eigenvalue weighted by molar-refractivity contribution is -0.139. The molecule has 5 N–H and O–H groups in total. The molecule has 7 heteroatoms. The molecule has 16 heavy (non-hydrogen) atoms.